The lowest BCUT2D eigenvalue weighted by Crippen LogP contribution is -2.27. The summed E-state index contributed by atoms with van der Waals surface area (Å²) in [6.45, 7) is 3.96. The highest BCUT2D eigenvalue weighted by Gasteiger charge is 2.31. The van der Waals surface area contributed by atoms with E-state index < -0.39 is 0 Å². The van der Waals surface area contributed by atoms with Gasteiger partial charge in [-0.15, -0.1) is 0 Å². The highest BCUT2D eigenvalue weighted by molar-refractivity contribution is 6.09. The van der Waals surface area contributed by atoms with Gasteiger partial charge in [-0.1, -0.05) is 0 Å². The Hall–Kier alpha value is -3.35. The summed E-state index contributed by atoms with van der Waals surface area (Å²) in [4.78, 5) is 13.5. The number of hydrogen-bond donors (Lipinski definition) is 1. The molecule has 0 unspecified atom stereocenters. The van der Waals surface area contributed by atoms with E-state index >= 15 is 0 Å². The number of rotatable bonds is 8. The van der Waals surface area contributed by atoms with Crippen molar-refractivity contribution in [2.24, 2.45) is 0 Å². The highest BCUT2D eigenvalue weighted by Crippen LogP contribution is 2.42. The van der Waals surface area contributed by atoms with Crippen LogP contribution in [0.3, 0.4) is 0 Å². The van der Waals surface area contributed by atoms with Crippen LogP contribution in [-0.2, 0) is 0 Å². The summed E-state index contributed by atoms with van der Waals surface area (Å²) in [6, 6.07) is 9.83. The average Bonchev–Trinajstić information content (AvgIpc) is 3.59. The van der Waals surface area contributed by atoms with Crippen molar-refractivity contribution in [2.75, 3.05) is 28.4 Å². The van der Waals surface area contributed by atoms with Crippen molar-refractivity contribution in [3.63, 3.8) is 0 Å². The van der Waals surface area contributed by atoms with Gasteiger partial charge in [0.05, 0.1) is 40.0 Å². The van der Waals surface area contributed by atoms with Crippen LogP contribution in [0, 0.1) is 6.92 Å². The van der Waals surface area contributed by atoms with Crippen LogP contribution in [0.25, 0.3) is 10.9 Å². The topological polar surface area (TPSA) is 71.0 Å². The smallest absolute Gasteiger partial charge is 0.254 e. The third-order valence-corrected chi connectivity index (χ3v) is 6.13. The number of benzene rings is 2. The zero-order valence-corrected chi connectivity index (χ0v) is 19.4. The summed E-state index contributed by atoms with van der Waals surface area (Å²) < 4.78 is 24.0. The van der Waals surface area contributed by atoms with Crippen LogP contribution in [0.1, 0.15) is 53.5 Å². The van der Waals surface area contributed by atoms with E-state index in [1.807, 2.05) is 44.2 Å². The molecule has 7 heteroatoms. The Balaban J connectivity index is 1.71. The number of ether oxygens (including phenoxy) is 4. The lowest BCUT2D eigenvalue weighted by atomic mass is 10.0. The van der Waals surface area contributed by atoms with Gasteiger partial charge in [-0.3, -0.25) is 4.79 Å². The molecule has 1 atom stereocenters. The van der Waals surface area contributed by atoms with E-state index in [4.69, 9.17) is 18.9 Å². The fourth-order valence-electron chi connectivity index (χ4n) is 4.34. The first-order valence-electron chi connectivity index (χ1n) is 10.7. The molecule has 1 fully saturated rings. The second-order valence-electron chi connectivity index (χ2n) is 8.10. The molecule has 1 aliphatic rings. The summed E-state index contributed by atoms with van der Waals surface area (Å²) in [7, 11) is 6.36. The van der Waals surface area contributed by atoms with Gasteiger partial charge in [0.15, 0.2) is 11.5 Å². The molecule has 0 aliphatic heterocycles. The van der Waals surface area contributed by atoms with Crippen molar-refractivity contribution >= 4 is 16.8 Å². The van der Waals surface area contributed by atoms with Crippen molar-refractivity contribution in [1.29, 1.82) is 0 Å². The molecule has 1 aromatic heterocycles. The third kappa shape index (κ3) is 3.72. The van der Waals surface area contributed by atoms with Gasteiger partial charge < -0.3 is 28.8 Å². The highest BCUT2D eigenvalue weighted by atomic mass is 16.5. The molecule has 1 N–H and O–H groups in total. The molecule has 7 nitrogen and oxygen atoms in total. The number of methoxy groups -OCH3 is 4. The molecule has 2 aromatic carbocycles. The largest absolute Gasteiger partial charge is 0.497 e. The van der Waals surface area contributed by atoms with Crippen LogP contribution in [0.15, 0.2) is 30.3 Å². The SMILES string of the molecule is COc1ccc2c(c1)c(C(=O)N[C@@H](C)c1cc(OC)c(OC)c(OC)c1)c(C)n2C1CC1. The van der Waals surface area contributed by atoms with Gasteiger partial charge in [0.1, 0.15) is 5.75 Å². The summed E-state index contributed by atoms with van der Waals surface area (Å²) in [5.41, 5.74) is 3.58. The molecule has 0 radical (unpaired) electrons. The van der Waals surface area contributed by atoms with Crippen molar-refractivity contribution in [1.82, 2.24) is 9.88 Å². The molecular weight excluding hydrogens is 408 g/mol. The standard InChI is InChI=1S/C25H30N2O5/c1-14(16-11-21(30-4)24(32-6)22(12-16)31-5)26-25(28)23-15(2)27(17-7-8-17)20-10-9-18(29-3)13-19(20)23/h9-14,17H,7-8H2,1-6H3,(H,26,28)/t14-/m0/s1. The predicted octanol–water partition coefficient (Wildman–Crippen LogP) is 4.81. The van der Waals surface area contributed by atoms with E-state index in [1.54, 1.807) is 28.4 Å². The molecule has 1 aliphatic carbocycles. The van der Waals surface area contributed by atoms with Gasteiger partial charge in [0, 0.05) is 22.6 Å². The fraction of sp³-hybridized carbons (Fsp3) is 0.400. The molecule has 32 heavy (non-hydrogen) atoms. The number of hydrogen-bond acceptors (Lipinski definition) is 5. The maximum atomic E-state index is 13.5. The van der Waals surface area contributed by atoms with E-state index in [-0.39, 0.29) is 11.9 Å². The summed E-state index contributed by atoms with van der Waals surface area (Å²) in [6.07, 6.45) is 2.28. The Bertz CT molecular complexity index is 1140. The van der Waals surface area contributed by atoms with Crippen LogP contribution in [0.4, 0.5) is 0 Å². The maximum absolute atomic E-state index is 13.5. The molecule has 3 aromatic rings. The van der Waals surface area contributed by atoms with E-state index in [1.165, 1.54) is 0 Å². The first-order valence-corrected chi connectivity index (χ1v) is 10.7. The first-order chi connectivity index (χ1) is 15.4. The summed E-state index contributed by atoms with van der Waals surface area (Å²) in [5, 5.41) is 4.06. The summed E-state index contributed by atoms with van der Waals surface area (Å²) in [5.74, 6) is 2.23. The maximum Gasteiger partial charge on any atom is 0.254 e. The van der Waals surface area contributed by atoms with Gasteiger partial charge >= 0.3 is 0 Å². The lowest BCUT2D eigenvalue weighted by Gasteiger charge is -2.19. The van der Waals surface area contributed by atoms with Crippen LogP contribution in [0.5, 0.6) is 23.0 Å². The van der Waals surface area contributed by atoms with Gasteiger partial charge in [-0.05, 0) is 62.6 Å². The van der Waals surface area contributed by atoms with Crippen molar-refractivity contribution in [2.45, 2.75) is 38.8 Å². The molecule has 0 saturated heterocycles. The van der Waals surface area contributed by atoms with Crippen LogP contribution in [0.2, 0.25) is 0 Å². The van der Waals surface area contributed by atoms with Gasteiger partial charge in [-0.2, -0.15) is 0 Å². The molecule has 1 amide bonds. The Morgan fingerprint density at radius 2 is 1.66 bits per heavy atom. The van der Waals surface area contributed by atoms with Gasteiger partial charge in [-0.25, -0.2) is 0 Å². The minimum absolute atomic E-state index is 0.124. The van der Waals surface area contributed by atoms with Crippen molar-refractivity contribution < 1.29 is 23.7 Å². The number of carbonyl (C=O) groups is 1. The van der Waals surface area contributed by atoms with E-state index in [0.29, 0.717) is 28.9 Å². The second-order valence-corrected chi connectivity index (χ2v) is 8.10. The molecule has 0 bridgehead atoms. The Kier molecular flexibility index (Phi) is 5.91. The Morgan fingerprint density at radius 3 is 2.19 bits per heavy atom. The quantitative estimate of drug-likeness (QED) is 0.547. The van der Waals surface area contributed by atoms with E-state index in [0.717, 1.165) is 40.8 Å². The monoisotopic (exact) mass is 438 g/mol. The third-order valence-electron chi connectivity index (χ3n) is 6.13. The predicted molar refractivity (Wildman–Crippen MR) is 123 cm³/mol. The number of nitrogens with one attached hydrogen (secondary N) is 1. The van der Waals surface area contributed by atoms with Crippen LogP contribution in [-0.4, -0.2) is 38.9 Å². The lowest BCUT2D eigenvalue weighted by molar-refractivity contribution is 0.0940. The number of amides is 1. The first kappa shape index (κ1) is 21.9. The minimum Gasteiger partial charge on any atom is -0.497 e. The Morgan fingerprint density at radius 1 is 1.00 bits per heavy atom. The number of aromatic nitrogens is 1. The van der Waals surface area contributed by atoms with Gasteiger partial charge in [0.25, 0.3) is 5.91 Å². The van der Waals surface area contributed by atoms with Gasteiger partial charge in [0.2, 0.25) is 5.75 Å². The second kappa shape index (κ2) is 8.65. The molecule has 170 valence electrons. The zero-order valence-electron chi connectivity index (χ0n) is 19.4. The summed E-state index contributed by atoms with van der Waals surface area (Å²) >= 11 is 0. The van der Waals surface area contributed by atoms with E-state index in [2.05, 4.69) is 9.88 Å². The molecular formula is C25H30N2O5. The van der Waals surface area contributed by atoms with Crippen LogP contribution < -0.4 is 24.3 Å². The molecule has 0 spiro atoms. The molecule has 4 rings (SSSR count). The normalized spacial score (nSPS) is 14.2. The number of nitrogens with zero attached hydrogens (tertiary/aromatic N) is 1. The average molecular weight is 439 g/mol. The number of carbonyl (C=O) groups excluding carboxylic acids is 1. The zero-order chi connectivity index (χ0) is 23.0. The van der Waals surface area contributed by atoms with Crippen molar-refractivity contribution in [3.05, 3.63) is 47.2 Å². The molecule has 1 saturated carbocycles. The Labute approximate surface area is 188 Å². The van der Waals surface area contributed by atoms with Crippen LogP contribution >= 0.6 is 0 Å². The molecule has 1 heterocycles. The van der Waals surface area contributed by atoms with E-state index in [9.17, 15) is 4.79 Å². The minimum atomic E-state index is -0.277. The fourth-order valence-corrected chi connectivity index (χ4v) is 4.34. The van der Waals surface area contributed by atoms with Crippen molar-refractivity contribution in [3.8, 4) is 23.0 Å². The number of fused-ring (bicyclic) bond motifs is 1.